The lowest BCUT2D eigenvalue weighted by Crippen LogP contribution is -2.59. The van der Waals surface area contributed by atoms with Crippen molar-refractivity contribution in [1.82, 2.24) is 20.4 Å². The number of rotatable bonds is 19. The molecule has 48 heavy (non-hydrogen) atoms. The van der Waals surface area contributed by atoms with E-state index < -0.39 is 35.6 Å². The fraction of sp³-hybridized carbons (Fsp3) is 0.730. The van der Waals surface area contributed by atoms with Gasteiger partial charge in [-0.1, -0.05) is 71.4 Å². The molecule has 1 heterocycles. The minimum Gasteiger partial charge on any atom is -0.379 e. The van der Waals surface area contributed by atoms with Crippen LogP contribution in [0.1, 0.15) is 79.7 Å². The van der Waals surface area contributed by atoms with Crippen LogP contribution in [0.2, 0.25) is 0 Å². The lowest BCUT2D eigenvalue weighted by molar-refractivity contribution is -0.148. The number of methoxy groups -OCH3 is 2. The number of ether oxygens (including phenoxy) is 2. The smallest absolute Gasteiger partial charge is 0.245 e. The molecule has 1 fully saturated rings. The average molecular weight is 674 g/mol. The molecule has 1 saturated heterocycles. The summed E-state index contributed by atoms with van der Waals surface area (Å²) in [6.45, 7) is 14.5. The number of hydrogen-bond acceptors (Lipinski definition) is 7. The number of carbonyl (C=O) groups is 4. The number of carbonyl (C=O) groups excluding carboxylic acids is 4. The summed E-state index contributed by atoms with van der Waals surface area (Å²) < 4.78 is 11.9. The molecule has 1 aliphatic heterocycles. The number of benzene rings is 1. The largest absolute Gasteiger partial charge is 0.379 e. The first-order valence-corrected chi connectivity index (χ1v) is 17.6. The van der Waals surface area contributed by atoms with Gasteiger partial charge in [0.2, 0.25) is 23.6 Å². The highest BCUT2D eigenvalue weighted by atomic mass is 16.5. The minimum absolute atomic E-state index is 0.00130. The third-order valence-corrected chi connectivity index (χ3v) is 10.2. The van der Waals surface area contributed by atoms with Crippen LogP contribution in [0.5, 0.6) is 0 Å². The number of nitrogens with one attached hydrogen (secondary N) is 2. The summed E-state index contributed by atoms with van der Waals surface area (Å²) in [5.74, 6) is -1.37. The zero-order valence-electron chi connectivity index (χ0n) is 31.1. The molecule has 2 rings (SSSR count). The zero-order chi connectivity index (χ0) is 36.2. The minimum atomic E-state index is -0.823. The lowest BCUT2D eigenvalue weighted by atomic mass is 9.88. The van der Waals surface area contributed by atoms with Crippen LogP contribution in [0.25, 0.3) is 0 Å². The summed E-state index contributed by atoms with van der Waals surface area (Å²) in [6, 6.07) is 8.55. The van der Waals surface area contributed by atoms with E-state index in [1.165, 1.54) is 0 Å². The third kappa shape index (κ3) is 10.7. The Bertz CT molecular complexity index is 1180. The fourth-order valence-electron chi connectivity index (χ4n) is 6.60. The highest BCUT2D eigenvalue weighted by Crippen LogP contribution is 2.29. The van der Waals surface area contributed by atoms with Gasteiger partial charge in [-0.15, -0.1) is 0 Å². The Hall–Kier alpha value is -3.02. The van der Waals surface area contributed by atoms with Gasteiger partial charge < -0.3 is 35.6 Å². The summed E-state index contributed by atoms with van der Waals surface area (Å²) in [6.07, 6.45) is 2.01. The fourth-order valence-corrected chi connectivity index (χ4v) is 6.60. The summed E-state index contributed by atoms with van der Waals surface area (Å²) in [7, 11) is 4.89. The summed E-state index contributed by atoms with van der Waals surface area (Å²) >= 11 is 0. The number of likely N-dealkylation sites (tertiary alicyclic amines) is 1. The summed E-state index contributed by atoms with van der Waals surface area (Å²) in [5, 5.41) is 5.97. The van der Waals surface area contributed by atoms with Crippen LogP contribution in [0, 0.1) is 23.2 Å². The Morgan fingerprint density at radius 2 is 1.71 bits per heavy atom. The predicted molar refractivity (Wildman–Crippen MR) is 189 cm³/mol. The maximum absolute atomic E-state index is 14.0. The highest BCUT2D eigenvalue weighted by Gasteiger charge is 2.43. The lowest BCUT2D eigenvalue weighted by Gasteiger charge is -2.41. The van der Waals surface area contributed by atoms with E-state index in [9.17, 15) is 19.2 Å². The first-order chi connectivity index (χ1) is 22.6. The first kappa shape index (κ1) is 41.2. The number of nitrogens with zero attached hydrogens (tertiary/aromatic N) is 2. The summed E-state index contributed by atoms with van der Waals surface area (Å²) in [4.78, 5) is 57.7. The van der Waals surface area contributed by atoms with E-state index in [-0.39, 0.29) is 54.5 Å². The second-order valence-electron chi connectivity index (χ2n) is 14.4. The molecule has 4 N–H and O–H groups in total. The maximum Gasteiger partial charge on any atom is 0.245 e. The van der Waals surface area contributed by atoms with Crippen molar-refractivity contribution in [2.24, 2.45) is 28.9 Å². The van der Waals surface area contributed by atoms with Crippen LogP contribution < -0.4 is 16.4 Å². The van der Waals surface area contributed by atoms with E-state index in [2.05, 4.69) is 10.6 Å². The van der Waals surface area contributed by atoms with Crippen LogP contribution >= 0.6 is 0 Å². The van der Waals surface area contributed by atoms with Crippen molar-refractivity contribution in [1.29, 1.82) is 0 Å². The van der Waals surface area contributed by atoms with E-state index in [0.29, 0.717) is 13.1 Å². The van der Waals surface area contributed by atoms with Gasteiger partial charge in [0.25, 0.3) is 0 Å². The van der Waals surface area contributed by atoms with Crippen LogP contribution in [-0.4, -0.2) is 105 Å². The molecule has 1 aromatic rings. The number of hydrogen-bond donors (Lipinski definition) is 3. The highest BCUT2D eigenvalue weighted by molar-refractivity contribution is 5.90. The third-order valence-electron chi connectivity index (χ3n) is 10.2. The maximum atomic E-state index is 14.0. The second-order valence-corrected chi connectivity index (χ2v) is 14.4. The molecule has 7 unspecified atom stereocenters. The zero-order valence-corrected chi connectivity index (χ0v) is 31.1. The van der Waals surface area contributed by atoms with Gasteiger partial charge in [-0.3, -0.25) is 19.2 Å². The Balaban J connectivity index is 2.20. The van der Waals surface area contributed by atoms with Crippen molar-refractivity contribution in [2.45, 2.75) is 111 Å². The molecule has 1 aliphatic rings. The van der Waals surface area contributed by atoms with Gasteiger partial charge >= 0.3 is 0 Å². The Kier molecular flexibility index (Phi) is 16.5. The van der Waals surface area contributed by atoms with Gasteiger partial charge in [0.05, 0.1) is 42.0 Å². The average Bonchev–Trinajstić information content (AvgIpc) is 3.56. The molecular weight excluding hydrogens is 610 g/mol. The molecule has 11 nitrogen and oxygen atoms in total. The standard InChI is InChI=1S/C37H63N5O6/c1-11-25(4)32(41(8)35(45)31(24(2)3)40-36(46)37(6,7)23-38)29(47-9)22-30(43)42-21-15-18-28(42)33(48-10)26(5)34(44)39-20-19-27-16-13-12-14-17-27/h12-14,16-17,24-26,28-29,31-33H,11,15,18-23,38H2,1-10H3,(H,39,44)(H,40,46). The van der Waals surface area contributed by atoms with Crippen LogP contribution in [0.3, 0.4) is 0 Å². The molecule has 0 saturated carbocycles. The number of likely N-dealkylation sites (N-methyl/N-ethyl adjacent to an activating group) is 1. The normalized spacial score (nSPS) is 18.8. The van der Waals surface area contributed by atoms with Gasteiger partial charge in [-0.2, -0.15) is 0 Å². The van der Waals surface area contributed by atoms with Gasteiger partial charge in [0, 0.05) is 40.9 Å². The topological polar surface area (TPSA) is 143 Å². The van der Waals surface area contributed by atoms with Crippen molar-refractivity contribution in [3.8, 4) is 0 Å². The van der Waals surface area contributed by atoms with Crippen molar-refractivity contribution in [3.05, 3.63) is 35.9 Å². The van der Waals surface area contributed by atoms with Crippen LogP contribution in [0.4, 0.5) is 0 Å². The molecule has 0 bridgehead atoms. The molecule has 4 amide bonds. The van der Waals surface area contributed by atoms with E-state index in [0.717, 1.165) is 31.2 Å². The SMILES string of the molecule is CCC(C)C(C(CC(=O)N1CCCC1C(OC)C(C)C(=O)NCCc1ccccc1)OC)N(C)C(=O)C(NC(=O)C(C)(C)CN)C(C)C. The Morgan fingerprint density at radius 3 is 2.25 bits per heavy atom. The van der Waals surface area contributed by atoms with E-state index >= 15 is 0 Å². The number of amides is 4. The Labute approximate surface area is 289 Å². The molecule has 0 radical (unpaired) electrons. The van der Waals surface area contributed by atoms with Crippen molar-refractivity contribution in [2.75, 3.05) is 40.9 Å². The van der Waals surface area contributed by atoms with Crippen molar-refractivity contribution >= 4 is 23.6 Å². The molecule has 7 atom stereocenters. The van der Waals surface area contributed by atoms with Gasteiger partial charge in [0.15, 0.2) is 0 Å². The van der Waals surface area contributed by atoms with Crippen molar-refractivity contribution < 1.29 is 28.7 Å². The van der Waals surface area contributed by atoms with E-state index in [1.807, 2.05) is 69.9 Å². The van der Waals surface area contributed by atoms with E-state index in [1.54, 1.807) is 40.0 Å². The quantitative estimate of drug-likeness (QED) is 0.204. The molecule has 0 spiro atoms. The first-order valence-electron chi connectivity index (χ1n) is 17.6. The van der Waals surface area contributed by atoms with Gasteiger partial charge in [0.1, 0.15) is 6.04 Å². The molecule has 272 valence electrons. The van der Waals surface area contributed by atoms with Gasteiger partial charge in [-0.25, -0.2) is 0 Å². The molecule has 1 aromatic carbocycles. The monoisotopic (exact) mass is 673 g/mol. The second kappa shape index (κ2) is 19.2. The molecule has 0 aromatic heterocycles. The molecular formula is C37H63N5O6. The molecule has 0 aliphatic carbocycles. The van der Waals surface area contributed by atoms with Crippen LogP contribution in [-0.2, 0) is 35.1 Å². The predicted octanol–water partition coefficient (Wildman–Crippen LogP) is 3.39. The number of nitrogens with two attached hydrogens (primary N) is 1. The van der Waals surface area contributed by atoms with E-state index in [4.69, 9.17) is 15.2 Å². The van der Waals surface area contributed by atoms with Gasteiger partial charge in [-0.05, 0) is 50.5 Å². The van der Waals surface area contributed by atoms with Crippen LogP contribution in [0.15, 0.2) is 30.3 Å². The van der Waals surface area contributed by atoms with Crippen molar-refractivity contribution in [3.63, 3.8) is 0 Å². The Morgan fingerprint density at radius 1 is 1.06 bits per heavy atom. The molecule has 11 heteroatoms. The summed E-state index contributed by atoms with van der Waals surface area (Å²) in [5.41, 5.74) is 6.16.